The molecule has 0 aromatic heterocycles. The molecule has 0 heterocycles. The van der Waals surface area contributed by atoms with Gasteiger partial charge in [-0.25, -0.2) is 0 Å². The number of allylic oxidation sites excluding steroid dienone is 2. The molecule has 0 saturated heterocycles. The molecule has 0 fully saturated rings. The Morgan fingerprint density at radius 2 is 0.964 bits per heavy atom. The summed E-state index contributed by atoms with van der Waals surface area (Å²) in [6, 6.07) is 12.6. The van der Waals surface area contributed by atoms with E-state index in [-0.39, 0.29) is 22.5 Å². The van der Waals surface area contributed by atoms with Gasteiger partial charge in [0.1, 0.15) is 11.5 Å². The first-order valence-corrected chi connectivity index (χ1v) is 8.29. The van der Waals surface area contributed by atoms with Crippen molar-refractivity contribution in [2.24, 2.45) is 0 Å². The van der Waals surface area contributed by atoms with Gasteiger partial charge in [0.05, 0.1) is 35.2 Å². The minimum Gasteiger partial charge on any atom is -0.497 e. The van der Waals surface area contributed by atoms with Crippen LogP contribution >= 0.6 is 0 Å². The van der Waals surface area contributed by atoms with Crippen molar-refractivity contribution in [1.82, 2.24) is 0 Å². The fraction of sp³-hybridized carbons (Fsp3) is 0.200. The van der Waals surface area contributed by atoms with Crippen molar-refractivity contribution in [1.29, 1.82) is 0 Å². The van der Waals surface area contributed by atoms with Gasteiger partial charge in [0, 0.05) is 11.1 Å². The molecule has 0 bridgehead atoms. The molecule has 8 heteroatoms. The Balaban J connectivity index is 2.66. The molecule has 2 rings (SSSR count). The Hall–Kier alpha value is -3.68. The van der Waals surface area contributed by atoms with E-state index in [9.17, 15) is 20.2 Å². The summed E-state index contributed by atoms with van der Waals surface area (Å²) in [5, 5.41) is 23.4. The summed E-state index contributed by atoms with van der Waals surface area (Å²) in [6.07, 6.45) is 0. The van der Waals surface area contributed by atoms with E-state index < -0.39 is 9.85 Å². The van der Waals surface area contributed by atoms with Crippen LogP contribution in [0, 0.1) is 20.2 Å². The highest BCUT2D eigenvalue weighted by atomic mass is 16.6. The molecule has 0 saturated carbocycles. The number of benzene rings is 2. The van der Waals surface area contributed by atoms with Crippen LogP contribution in [0.1, 0.15) is 25.0 Å². The van der Waals surface area contributed by atoms with Crippen molar-refractivity contribution in [3.8, 4) is 11.5 Å². The fourth-order valence-electron chi connectivity index (χ4n) is 2.77. The van der Waals surface area contributed by atoms with Crippen molar-refractivity contribution >= 4 is 11.4 Å². The average Bonchev–Trinajstić information content (AvgIpc) is 2.68. The van der Waals surface area contributed by atoms with Crippen LogP contribution in [0.25, 0.3) is 11.4 Å². The van der Waals surface area contributed by atoms with Crippen LogP contribution < -0.4 is 9.47 Å². The Labute approximate surface area is 162 Å². The van der Waals surface area contributed by atoms with Crippen molar-refractivity contribution < 1.29 is 19.3 Å². The lowest BCUT2D eigenvalue weighted by Gasteiger charge is -2.09. The first-order chi connectivity index (χ1) is 13.3. The first-order valence-electron chi connectivity index (χ1n) is 8.29. The number of ether oxygens (including phenoxy) is 2. The van der Waals surface area contributed by atoms with Crippen LogP contribution in [-0.4, -0.2) is 24.1 Å². The van der Waals surface area contributed by atoms with Crippen molar-refractivity contribution in [3.63, 3.8) is 0 Å². The Morgan fingerprint density at radius 1 is 0.679 bits per heavy atom. The predicted octanol–water partition coefficient (Wildman–Crippen LogP) is 4.42. The number of nitrogens with zero attached hydrogens (tertiary/aromatic N) is 2. The van der Waals surface area contributed by atoms with Crippen molar-refractivity contribution in [2.45, 2.75) is 13.8 Å². The topological polar surface area (TPSA) is 105 Å². The van der Waals surface area contributed by atoms with Crippen molar-refractivity contribution in [3.05, 3.63) is 91.0 Å². The number of methoxy groups -OCH3 is 2. The van der Waals surface area contributed by atoms with Crippen LogP contribution in [0.5, 0.6) is 11.5 Å². The fourth-order valence-corrected chi connectivity index (χ4v) is 2.77. The van der Waals surface area contributed by atoms with Crippen LogP contribution in [0.4, 0.5) is 0 Å². The Kier molecular flexibility index (Phi) is 6.49. The summed E-state index contributed by atoms with van der Waals surface area (Å²) < 4.78 is 10.1. The van der Waals surface area contributed by atoms with E-state index in [1.54, 1.807) is 48.5 Å². The van der Waals surface area contributed by atoms with Gasteiger partial charge in [-0.05, 0) is 62.4 Å². The molecule has 0 unspecified atom stereocenters. The molecule has 0 aliphatic heterocycles. The molecule has 0 atom stereocenters. The van der Waals surface area contributed by atoms with Gasteiger partial charge in [-0.3, -0.25) is 20.2 Å². The van der Waals surface area contributed by atoms with E-state index in [4.69, 9.17) is 9.47 Å². The monoisotopic (exact) mass is 384 g/mol. The van der Waals surface area contributed by atoms with Crippen LogP contribution in [0.2, 0.25) is 0 Å². The molecule has 2 aromatic carbocycles. The quantitative estimate of drug-likeness (QED) is 0.397. The maximum Gasteiger partial charge on any atom is 0.279 e. The predicted molar refractivity (Wildman–Crippen MR) is 105 cm³/mol. The zero-order valence-corrected chi connectivity index (χ0v) is 16.0. The molecule has 2 aromatic rings. The van der Waals surface area contributed by atoms with Crippen molar-refractivity contribution in [2.75, 3.05) is 14.2 Å². The van der Waals surface area contributed by atoms with Crippen LogP contribution in [-0.2, 0) is 0 Å². The summed E-state index contributed by atoms with van der Waals surface area (Å²) in [4.78, 5) is 22.4. The molecule has 0 N–H and O–H groups in total. The summed E-state index contributed by atoms with van der Waals surface area (Å²) in [5.74, 6) is 1.11. The maximum atomic E-state index is 11.7. The largest absolute Gasteiger partial charge is 0.497 e. The smallest absolute Gasteiger partial charge is 0.279 e. The highest BCUT2D eigenvalue weighted by molar-refractivity contribution is 5.73. The molecule has 28 heavy (non-hydrogen) atoms. The molecular weight excluding hydrogens is 364 g/mol. The second-order valence-corrected chi connectivity index (χ2v) is 5.92. The maximum absolute atomic E-state index is 11.7. The molecule has 0 radical (unpaired) electrons. The molecule has 8 nitrogen and oxygen atoms in total. The van der Waals surface area contributed by atoms with Gasteiger partial charge in [0.25, 0.3) is 11.4 Å². The molecule has 0 aliphatic carbocycles. The zero-order valence-electron chi connectivity index (χ0n) is 16.0. The number of nitro groups is 2. The summed E-state index contributed by atoms with van der Waals surface area (Å²) in [7, 11) is 2.99. The standard InChI is InChI=1S/C20H20N2O6/c1-13(19(21(23)24)15-5-9-17(27-3)10-6-15)14(2)20(22(25)26)16-7-11-18(28-4)12-8-16/h5-12H,1-4H3/b19-13-,20-14-. The summed E-state index contributed by atoms with van der Waals surface area (Å²) in [5.41, 5.74) is 0.677. The van der Waals surface area contributed by atoms with E-state index in [0.29, 0.717) is 22.6 Å². The van der Waals surface area contributed by atoms with Gasteiger partial charge >= 0.3 is 0 Å². The Bertz CT molecular complexity index is 864. The normalized spacial score (nSPS) is 12.6. The lowest BCUT2D eigenvalue weighted by molar-refractivity contribution is -0.378. The molecule has 0 spiro atoms. The SMILES string of the molecule is COc1ccc(/C(=C(C)/C(C)=C(/c2ccc(OC)cc2)[N+](=O)[O-])[N+](=O)[O-])cc1. The van der Waals surface area contributed by atoms with Crippen LogP contribution in [0.15, 0.2) is 59.7 Å². The van der Waals surface area contributed by atoms with E-state index >= 15 is 0 Å². The van der Waals surface area contributed by atoms with E-state index in [1.165, 1.54) is 28.1 Å². The third-order valence-corrected chi connectivity index (χ3v) is 4.36. The molecule has 0 amide bonds. The Morgan fingerprint density at radius 3 is 1.18 bits per heavy atom. The van der Waals surface area contributed by atoms with E-state index in [2.05, 4.69) is 0 Å². The second kappa shape index (κ2) is 8.81. The summed E-state index contributed by atoms with van der Waals surface area (Å²) in [6.45, 7) is 3.01. The third-order valence-electron chi connectivity index (χ3n) is 4.36. The van der Waals surface area contributed by atoms with Gasteiger partial charge in [0.15, 0.2) is 0 Å². The van der Waals surface area contributed by atoms with Gasteiger partial charge in [-0.15, -0.1) is 0 Å². The van der Waals surface area contributed by atoms with Gasteiger partial charge < -0.3 is 9.47 Å². The minimum absolute atomic E-state index is 0.201. The lowest BCUT2D eigenvalue weighted by Crippen LogP contribution is -2.06. The number of hydrogen-bond donors (Lipinski definition) is 0. The molecule has 146 valence electrons. The third kappa shape index (κ3) is 4.35. The van der Waals surface area contributed by atoms with Gasteiger partial charge in [-0.2, -0.15) is 0 Å². The van der Waals surface area contributed by atoms with E-state index in [0.717, 1.165) is 0 Å². The number of hydrogen-bond acceptors (Lipinski definition) is 6. The van der Waals surface area contributed by atoms with Gasteiger partial charge in [0.2, 0.25) is 0 Å². The average molecular weight is 384 g/mol. The lowest BCUT2D eigenvalue weighted by atomic mass is 9.98. The zero-order chi connectivity index (χ0) is 20.8. The summed E-state index contributed by atoms with van der Waals surface area (Å²) >= 11 is 0. The minimum atomic E-state index is -0.535. The van der Waals surface area contributed by atoms with E-state index in [1.807, 2.05) is 0 Å². The molecular formula is C20H20N2O6. The number of rotatable bonds is 7. The molecule has 0 aliphatic rings. The highest BCUT2D eigenvalue weighted by Gasteiger charge is 2.26. The first kappa shape index (κ1) is 20.6. The second-order valence-electron chi connectivity index (χ2n) is 5.92. The van der Waals surface area contributed by atoms with Crippen LogP contribution in [0.3, 0.4) is 0 Å². The highest BCUT2D eigenvalue weighted by Crippen LogP contribution is 2.31. The van der Waals surface area contributed by atoms with Gasteiger partial charge in [-0.1, -0.05) is 0 Å².